The van der Waals surface area contributed by atoms with Gasteiger partial charge in [0.2, 0.25) is 6.35 Å². The van der Waals surface area contributed by atoms with Crippen molar-refractivity contribution in [3.8, 4) is 0 Å². The molecule has 3 rings (SSSR count). The predicted octanol–water partition coefficient (Wildman–Crippen LogP) is 2.46. The number of non-ortho nitro benzene ring substituents is 1. The van der Waals surface area contributed by atoms with Crippen LogP contribution < -0.4 is 9.80 Å². The summed E-state index contributed by atoms with van der Waals surface area (Å²) in [5.74, 6) is 0. The average Bonchev–Trinajstić information content (AvgIpc) is 2.71. The molecule has 0 fully saturated rings. The maximum Gasteiger partial charge on any atom is 0.271 e. The van der Waals surface area contributed by atoms with Crippen molar-refractivity contribution in [1.29, 1.82) is 0 Å². The van der Waals surface area contributed by atoms with Crippen LogP contribution >= 0.6 is 0 Å². The summed E-state index contributed by atoms with van der Waals surface area (Å²) in [7, 11) is 1.70. The number of nitro groups is 1. The minimum absolute atomic E-state index is 0.0118. The molecule has 0 saturated carbocycles. The van der Waals surface area contributed by atoms with E-state index in [-0.39, 0.29) is 5.69 Å². The molecule has 1 heterocycles. The highest BCUT2D eigenvalue weighted by atomic mass is 16.6. The van der Waals surface area contributed by atoms with Crippen LogP contribution in [0.4, 0.5) is 22.7 Å². The summed E-state index contributed by atoms with van der Waals surface area (Å²) in [6.45, 7) is 0. The predicted molar refractivity (Wildman–Crippen MR) is 76.1 cm³/mol. The third-order valence-electron chi connectivity index (χ3n) is 3.42. The summed E-state index contributed by atoms with van der Waals surface area (Å²) in [4.78, 5) is 13.8. The van der Waals surface area contributed by atoms with Crippen LogP contribution in [-0.4, -0.2) is 23.4 Å². The van der Waals surface area contributed by atoms with E-state index in [0.717, 1.165) is 11.4 Å². The van der Waals surface area contributed by atoms with Gasteiger partial charge in [0.25, 0.3) is 5.69 Å². The van der Waals surface area contributed by atoms with Crippen molar-refractivity contribution < 1.29 is 10.0 Å². The first kappa shape index (κ1) is 12.4. The Bertz CT molecular complexity index is 660. The summed E-state index contributed by atoms with van der Waals surface area (Å²) >= 11 is 0. The molecule has 6 heteroatoms. The summed E-state index contributed by atoms with van der Waals surface area (Å²) in [5.41, 5.74) is 2.23. The summed E-state index contributed by atoms with van der Waals surface area (Å²) in [6, 6.07) is 14.0. The number of nitrogens with zero attached hydrogens (tertiary/aromatic N) is 3. The molecule has 1 aliphatic rings. The van der Waals surface area contributed by atoms with E-state index in [4.69, 9.17) is 0 Å². The largest absolute Gasteiger partial charge is 0.356 e. The monoisotopic (exact) mass is 271 g/mol. The second-order valence-corrected chi connectivity index (χ2v) is 4.59. The molecule has 0 spiro atoms. The highest BCUT2D eigenvalue weighted by Gasteiger charge is 2.34. The van der Waals surface area contributed by atoms with Crippen LogP contribution in [-0.2, 0) is 0 Å². The smallest absolute Gasteiger partial charge is 0.271 e. The van der Waals surface area contributed by atoms with Gasteiger partial charge in [-0.05, 0) is 18.2 Å². The minimum Gasteiger partial charge on any atom is -0.356 e. The Balaban J connectivity index is 2.12. The van der Waals surface area contributed by atoms with E-state index in [1.165, 1.54) is 12.1 Å². The Morgan fingerprint density at radius 1 is 1.15 bits per heavy atom. The van der Waals surface area contributed by atoms with Crippen LogP contribution in [0.3, 0.4) is 0 Å². The molecule has 102 valence electrons. The molecule has 1 unspecified atom stereocenters. The van der Waals surface area contributed by atoms with Gasteiger partial charge in [-0.3, -0.25) is 15.0 Å². The lowest BCUT2D eigenvalue weighted by Gasteiger charge is -2.25. The zero-order chi connectivity index (χ0) is 14.3. The zero-order valence-electron chi connectivity index (χ0n) is 10.8. The number of hydrogen-bond donors (Lipinski definition) is 1. The highest BCUT2D eigenvalue weighted by Crippen LogP contribution is 2.43. The molecule has 0 aliphatic carbocycles. The number of aliphatic hydroxyl groups excluding tert-OH is 1. The fourth-order valence-electron chi connectivity index (χ4n) is 2.39. The first-order chi connectivity index (χ1) is 9.59. The maximum atomic E-state index is 10.9. The quantitative estimate of drug-likeness (QED) is 0.671. The van der Waals surface area contributed by atoms with Crippen LogP contribution in [0.25, 0.3) is 0 Å². The molecule has 2 aromatic carbocycles. The second-order valence-electron chi connectivity index (χ2n) is 4.59. The number of fused-ring (bicyclic) bond motifs is 1. The highest BCUT2D eigenvalue weighted by molar-refractivity contribution is 5.84. The molecular formula is C14H13N3O3. The van der Waals surface area contributed by atoms with Gasteiger partial charge >= 0.3 is 0 Å². The lowest BCUT2D eigenvalue weighted by Crippen LogP contribution is -2.38. The minimum atomic E-state index is -0.880. The number of hydrogen-bond acceptors (Lipinski definition) is 5. The van der Waals surface area contributed by atoms with E-state index >= 15 is 0 Å². The van der Waals surface area contributed by atoms with Crippen LogP contribution in [0.5, 0.6) is 0 Å². The van der Waals surface area contributed by atoms with Gasteiger partial charge in [-0.25, -0.2) is 0 Å². The van der Waals surface area contributed by atoms with Crippen molar-refractivity contribution in [3.63, 3.8) is 0 Å². The average molecular weight is 271 g/mol. The molecule has 1 aliphatic heterocycles. The Morgan fingerprint density at radius 3 is 2.50 bits per heavy atom. The van der Waals surface area contributed by atoms with Gasteiger partial charge < -0.3 is 10.0 Å². The maximum absolute atomic E-state index is 10.9. The molecular weight excluding hydrogens is 258 g/mol. The normalized spacial score (nSPS) is 17.2. The van der Waals surface area contributed by atoms with Crippen molar-refractivity contribution in [2.24, 2.45) is 0 Å². The van der Waals surface area contributed by atoms with Gasteiger partial charge in [0.1, 0.15) is 0 Å². The molecule has 6 nitrogen and oxygen atoms in total. The fourth-order valence-corrected chi connectivity index (χ4v) is 2.39. The zero-order valence-corrected chi connectivity index (χ0v) is 10.8. The van der Waals surface area contributed by atoms with Crippen LogP contribution in [0.2, 0.25) is 0 Å². The van der Waals surface area contributed by atoms with Gasteiger partial charge in [-0.1, -0.05) is 18.2 Å². The number of para-hydroxylation sites is 1. The van der Waals surface area contributed by atoms with Crippen molar-refractivity contribution >= 4 is 22.7 Å². The second kappa shape index (κ2) is 4.50. The van der Waals surface area contributed by atoms with E-state index in [0.29, 0.717) is 5.69 Å². The van der Waals surface area contributed by atoms with E-state index in [2.05, 4.69) is 0 Å². The van der Waals surface area contributed by atoms with Gasteiger partial charge in [0, 0.05) is 24.9 Å². The first-order valence-corrected chi connectivity index (χ1v) is 6.13. The van der Waals surface area contributed by atoms with E-state index in [1.54, 1.807) is 22.9 Å². The molecule has 0 amide bonds. The third-order valence-corrected chi connectivity index (χ3v) is 3.42. The number of anilines is 3. The van der Waals surface area contributed by atoms with Crippen LogP contribution in [0.15, 0.2) is 48.5 Å². The molecule has 2 aromatic rings. The van der Waals surface area contributed by atoms with Gasteiger partial charge in [-0.15, -0.1) is 0 Å². The topological polar surface area (TPSA) is 69.8 Å². The molecule has 1 atom stereocenters. The summed E-state index contributed by atoms with van der Waals surface area (Å²) < 4.78 is 0. The van der Waals surface area contributed by atoms with Crippen LogP contribution in [0, 0.1) is 10.1 Å². The standard InChI is InChI=1S/C14H13N3O3/c1-15-13-9-11(17(19)20)7-8-12(13)16(14(15)18)10-5-3-2-4-6-10/h2-9,14,18H,1H3. The number of rotatable bonds is 2. The van der Waals surface area contributed by atoms with Crippen molar-refractivity contribution in [1.82, 2.24) is 0 Å². The summed E-state index contributed by atoms with van der Waals surface area (Å²) in [5, 5.41) is 21.2. The lowest BCUT2D eigenvalue weighted by molar-refractivity contribution is -0.384. The van der Waals surface area contributed by atoms with E-state index < -0.39 is 11.3 Å². The van der Waals surface area contributed by atoms with E-state index in [9.17, 15) is 15.2 Å². The van der Waals surface area contributed by atoms with Crippen molar-refractivity contribution in [2.75, 3.05) is 16.8 Å². The Hall–Kier alpha value is -2.60. The lowest BCUT2D eigenvalue weighted by atomic mass is 10.2. The Morgan fingerprint density at radius 2 is 1.85 bits per heavy atom. The first-order valence-electron chi connectivity index (χ1n) is 6.13. The van der Waals surface area contributed by atoms with Gasteiger partial charge in [-0.2, -0.15) is 0 Å². The van der Waals surface area contributed by atoms with Gasteiger partial charge in [0.15, 0.2) is 0 Å². The fraction of sp³-hybridized carbons (Fsp3) is 0.143. The van der Waals surface area contributed by atoms with E-state index in [1.807, 2.05) is 30.3 Å². The Kier molecular flexibility index (Phi) is 2.80. The van der Waals surface area contributed by atoms with Gasteiger partial charge in [0.05, 0.1) is 16.3 Å². The molecule has 20 heavy (non-hydrogen) atoms. The SMILES string of the molecule is CN1c2cc([N+](=O)[O-])ccc2N(c2ccccc2)C1O. The summed E-state index contributed by atoms with van der Waals surface area (Å²) in [6.07, 6.45) is -0.880. The molecule has 0 radical (unpaired) electrons. The van der Waals surface area contributed by atoms with Crippen molar-refractivity contribution in [2.45, 2.75) is 6.35 Å². The number of benzene rings is 2. The van der Waals surface area contributed by atoms with Crippen LogP contribution in [0.1, 0.15) is 0 Å². The molecule has 0 aromatic heterocycles. The molecule has 0 bridgehead atoms. The number of aliphatic hydroxyl groups is 1. The third kappa shape index (κ3) is 1.78. The molecule has 1 N–H and O–H groups in total. The molecule has 0 saturated heterocycles. The van der Waals surface area contributed by atoms with Crippen molar-refractivity contribution in [3.05, 3.63) is 58.6 Å². The Labute approximate surface area is 115 Å². The number of nitro benzene ring substituents is 1.